The van der Waals surface area contributed by atoms with Crippen molar-refractivity contribution < 1.29 is 9.90 Å². The van der Waals surface area contributed by atoms with Crippen molar-refractivity contribution >= 4 is 11.6 Å². The van der Waals surface area contributed by atoms with Gasteiger partial charge in [0.1, 0.15) is 0 Å². The van der Waals surface area contributed by atoms with Crippen LogP contribution in [-0.4, -0.2) is 45.4 Å². The molecule has 2 rings (SSSR count). The molecule has 1 saturated heterocycles. The van der Waals surface area contributed by atoms with Crippen molar-refractivity contribution in [1.29, 1.82) is 0 Å². The van der Waals surface area contributed by atoms with Crippen LogP contribution in [0.15, 0.2) is 6.20 Å². The lowest BCUT2D eigenvalue weighted by Crippen LogP contribution is -2.41. The quantitative estimate of drug-likeness (QED) is 0.750. The lowest BCUT2D eigenvalue weighted by molar-refractivity contribution is 0.0615. The molecule has 1 amide bonds. The first kappa shape index (κ1) is 11.9. The Kier molecular flexibility index (Phi) is 3.33. The minimum absolute atomic E-state index is 0.126. The number of aliphatic hydroxyl groups is 1. The fraction of sp³-hybridized carbons (Fsp3) is 0.636. The second-order valence-electron chi connectivity index (χ2n) is 4.55. The van der Waals surface area contributed by atoms with Crippen molar-refractivity contribution in [3.8, 4) is 0 Å². The predicted octanol–water partition coefficient (Wildman–Crippen LogP) is -0.153. The highest BCUT2D eigenvalue weighted by molar-refractivity contribution is 5.97. The molecule has 6 nitrogen and oxygen atoms in total. The Bertz CT molecular complexity index is 416. The van der Waals surface area contributed by atoms with Crippen LogP contribution < -0.4 is 5.73 Å². The van der Waals surface area contributed by atoms with Crippen LogP contribution in [0, 0.1) is 5.92 Å². The third-order valence-corrected chi connectivity index (χ3v) is 3.12. The molecule has 0 aliphatic carbocycles. The normalized spacial score (nSPS) is 20.6. The van der Waals surface area contributed by atoms with Crippen LogP contribution in [0.3, 0.4) is 0 Å². The molecule has 1 unspecified atom stereocenters. The molecular formula is C11H18N4O2. The topological polar surface area (TPSA) is 84.4 Å². The number of piperidine rings is 1. The number of amides is 1. The summed E-state index contributed by atoms with van der Waals surface area (Å²) in [5.41, 5.74) is 6.45. The molecule has 1 fully saturated rings. The summed E-state index contributed by atoms with van der Waals surface area (Å²) in [6.45, 7) is 1.43. The molecule has 94 valence electrons. The van der Waals surface area contributed by atoms with Crippen LogP contribution in [0.1, 0.15) is 23.3 Å². The average molecular weight is 238 g/mol. The van der Waals surface area contributed by atoms with E-state index in [4.69, 9.17) is 10.8 Å². The van der Waals surface area contributed by atoms with Gasteiger partial charge in [-0.05, 0) is 18.8 Å². The number of anilines is 1. The number of rotatable bonds is 2. The van der Waals surface area contributed by atoms with Gasteiger partial charge in [-0.2, -0.15) is 5.10 Å². The van der Waals surface area contributed by atoms with Crippen molar-refractivity contribution in [3.05, 3.63) is 11.9 Å². The van der Waals surface area contributed by atoms with Gasteiger partial charge >= 0.3 is 0 Å². The van der Waals surface area contributed by atoms with Gasteiger partial charge in [0.25, 0.3) is 5.91 Å². The lowest BCUT2D eigenvalue weighted by atomic mass is 9.99. The monoisotopic (exact) mass is 238 g/mol. The number of nitrogen functional groups attached to an aromatic ring is 1. The molecule has 1 aromatic rings. The number of carbonyl (C=O) groups is 1. The van der Waals surface area contributed by atoms with Gasteiger partial charge < -0.3 is 15.7 Å². The summed E-state index contributed by atoms with van der Waals surface area (Å²) in [6, 6.07) is 0. The summed E-state index contributed by atoms with van der Waals surface area (Å²) >= 11 is 0. The highest BCUT2D eigenvalue weighted by Crippen LogP contribution is 2.19. The van der Waals surface area contributed by atoms with E-state index in [-0.39, 0.29) is 18.4 Å². The molecule has 3 N–H and O–H groups in total. The molecule has 0 radical (unpaired) electrons. The van der Waals surface area contributed by atoms with Crippen LogP contribution in [0.5, 0.6) is 0 Å². The van der Waals surface area contributed by atoms with Crippen molar-refractivity contribution in [2.45, 2.75) is 12.8 Å². The molecule has 0 bridgehead atoms. The standard InChI is InChI=1S/C11H18N4O2/c1-14-6-9(12)10(13-14)11(17)15-4-2-3-8(5-15)7-16/h6,8,16H,2-5,7,12H2,1H3. The molecule has 2 heterocycles. The van der Waals surface area contributed by atoms with Crippen molar-refractivity contribution in [1.82, 2.24) is 14.7 Å². The maximum absolute atomic E-state index is 12.2. The van der Waals surface area contributed by atoms with E-state index in [1.165, 1.54) is 4.68 Å². The van der Waals surface area contributed by atoms with Gasteiger partial charge in [-0.25, -0.2) is 0 Å². The Labute approximate surface area is 100 Å². The van der Waals surface area contributed by atoms with E-state index in [2.05, 4.69) is 5.10 Å². The van der Waals surface area contributed by atoms with Gasteiger partial charge in [0.2, 0.25) is 0 Å². The summed E-state index contributed by atoms with van der Waals surface area (Å²) in [4.78, 5) is 13.9. The predicted molar refractivity (Wildman–Crippen MR) is 63.3 cm³/mol. The summed E-state index contributed by atoms with van der Waals surface area (Å²) in [7, 11) is 1.74. The third-order valence-electron chi connectivity index (χ3n) is 3.12. The van der Waals surface area contributed by atoms with E-state index in [9.17, 15) is 4.79 Å². The van der Waals surface area contributed by atoms with Crippen LogP contribution in [-0.2, 0) is 7.05 Å². The smallest absolute Gasteiger partial charge is 0.276 e. The molecule has 0 aromatic carbocycles. The number of aliphatic hydroxyl groups excluding tert-OH is 1. The Morgan fingerprint density at radius 1 is 1.71 bits per heavy atom. The van der Waals surface area contributed by atoms with Crippen molar-refractivity contribution in [2.75, 3.05) is 25.4 Å². The van der Waals surface area contributed by atoms with Crippen LogP contribution in [0.25, 0.3) is 0 Å². The minimum Gasteiger partial charge on any atom is -0.396 e. The minimum atomic E-state index is -0.138. The van der Waals surface area contributed by atoms with Crippen LogP contribution >= 0.6 is 0 Å². The third kappa shape index (κ3) is 2.41. The first-order chi connectivity index (χ1) is 8.11. The van der Waals surface area contributed by atoms with Crippen molar-refractivity contribution in [3.63, 3.8) is 0 Å². The summed E-state index contributed by atoms with van der Waals surface area (Å²) in [5.74, 6) is 0.0406. The van der Waals surface area contributed by atoms with E-state index >= 15 is 0 Å². The Morgan fingerprint density at radius 3 is 3.06 bits per heavy atom. The number of carbonyl (C=O) groups excluding carboxylic acids is 1. The largest absolute Gasteiger partial charge is 0.396 e. The van der Waals surface area contributed by atoms with Crippen LogP contribution in [0.4, 0.5) is 5.69 Å². The zero-order chi connectivity index (χ0) is 12.4. The number of nitrogens with two attached hydrogens (primary N) is 1. The summed E-state index contributed by atoms with van der Waals surface area (Å²) in [6.07, 6.45) is 3.52. The Hall–Kier alpha value is -1.56. The van der Waals surface area contributed by atoms with Gasteiger partial charge in [-0.1, -0.05) is 0 Å². The lowest BCUT2D eigenvalue weighted by Gasteiger charge is -2.31. The first-order valence-corrected chi connectivity index (χ1v) is 5.81. The second kappa shape index (κ2) is 4.75. The number of aromatic nitrogens is 2. The van der Waals surface area contributed by atoms with E-state index in [1.807, 2.05) is 0 Å². The highest BCUT2D eigenvalue weighted by Gasteiger charge is 2.26. The number of hydrogen-bond acceptors (Lipinski definition) is 4. The van der Waals surface area contributed by atoms with Gasteiger partial charge in [0.15, 0.2) is 5.69 Å². The maximum atomic E-state index is 12.2. The Morgan fingerprint density at radius 2 is 2.47 bits per heavy atom. The average Bonchev–Trinajstić information content (AvgIpc) is 2.67. The van der Waals surface area contributed by atoms with E-state index < -0.39 is 0 Å². The second-order valence-corrected chi connectivity index (χ2v) is 4.55. The molecule has 1 aliphatic heterocycles. The maximum Gasteiger partial charge on any atom is 0.276 e. The Balaban J connectivity index is 2.12. The molecule has 1 aliphatic rings. The molecule has 17 heavy (non-hydrogen) atoms. The fourth-order valence-corrected chi connectivity index (χ4v) is 2.22. The van der Waals surface area contributed by atoms with Gasteiger partial charge in [-0.3, -0.25) is 9.48 Å². The number of hydrogen-bond donors (Lipinski definition) is 2. The van der Waals surface area contributed by atoms with E-state index in [0.29, 0.717) is 24.5 Å². The molecule has 1 aromatic heterocycles. The number of nitrogens with zero attached hydrogens (tertiary/aromatic N) is 3. The molecule has 6 heteroatoms. The van der Waals surface area contributed by atoms with Gasteiger partial charge in [-0.15, -0.1) is 0 Å². The zero-order valence-electron chi connectivity index (χ0n) is 9.96. The molecule has 0 saturated carbocycles. The highest BCUT2D eigenvalue weighted by atomic mass is 16.3. The zero-order valence-corrected chi connectivity index (χ0v) is 9.96. The summed E-state index contributed by atoms with van der Waals surface area (Å²) < 4.78 is 1.54. The van der Waals surface area contributed by atoms with Crippen LogP contribution in [0.2, 0.25) is 0 Å². The molecule has 1 atom stereocenters. The number of likely N-dealkylation sites (tertiary alicyclic amines) is 1. The molecule has 0 spiro atoms. The first-order valence-electron chi connectivity index (χ1n) is 5.81. The van der Waals surface area contributed by atoms with Gasteiger partial charge in [0, 0.05) is 32.9 Å². The fourth-order valence-electron chi connectivity index (χ4n) is 2.22. The van der Waals surface area contributed by atoms with Gasteiger partial charge in [0.05, 0.1) is 5.69 Å². The summed E-state index contributed by atoms with van der Waals surface area (Å²) in [5, 5.41) is 13.2. The van der Waals surface area contributed by atoms with Crippen molar-refractivity contribution in [2.24, 2.45) is 13.0 Å². The SMILES string of the molecule is Cn1cc(N)c(C(=O)N2CCCC(CO)C2)n1. The van der Waals surface area contributed by atoms with E-state index in [0.717, 1.165) is 12.8 Å². The van der Waals surface area contributed by atoms with E-state index in [1.54, 1.807) is 18.1 Å². The molecular weight excluding hydrogens is 220 g/mol. The number of aryl methyl sites for hydroxylation is 1.